The molecule has 7 heteroatoms. The van der Waals surface area contributed by atoms with Crippen LogP contribution in [0.5, 0.6) is 0 Å². The zero-order valence-electron chi connectivity index (χ0n) is 14.3. The SMILES string of the molecule is CC[C@@H](C)NC(=O)NC(=O)COC(=O)c1cc2c(s1)CC[C@@H](C)C2. The average molecular weight is 352 g/mol. The van der Waals surface area contributed by atoms with E-state index in [9.17, 15) is 14.4 Å². The molecule has 0 aromatic carbocycles. The van der Waals surface area contributed by atoms with E-state index >= 15 is 0 Å². The van der Waals surface area contributed by atoms with Crippen LogP contribution < -0.4 is 10.6 Å². The molecule has 1 aliphatic rings. The van der Waals surface area contributed by atoms with Gasteiger partial charge < -0.3 is 10.1 Å². The van der Waals surface area contributed by atoms with Crippen LogP contribution in [0.15, 0.2) is 6.07 Å². The first-order valence-corrected chi connectivity index (χ1v) is 9.09. The average Bonchev–Trinajstić information content (AvgIpc) is 2.95. The van der Waals surface area contributed by atoms with Gasteiger partial charge in [0.15, 0.2) is 6.61 Å². The lowest BCUT2D eigenvalue weighted by molar-refractivity contribution is -0.123. The van der Waals surface area contributed by atoms with E-state index in [4.69, 9.17) is 4.74 Å². The minimum atomic E-state index is -0.640. The van der Waals surface area contributed by atoms with E-state index in [0.29, 0.717) is 10.8 Å². The molecule has 0 radical (unpaired) electrons. The number of nitrogens with one attached hydrogen (secondary N) is 2. The largest absolute Gasteiger partial charge is 0.451 e. The Labute approximate surface area is 146 Å². The van der Waals surface area contributed by atoms with Crippen molar-refractivity contribution in [3.05, 3.63) is 21.4 Å². The number of amides is 3. The second kappa shape index (κ2) is 8.28. The fourth-order valence-electron chi connectivity index (χ4n) is 2.53. The molecule has 24 heavy (non-hydrogen) atoms. The lowest BCUT2D eigenvalue weighted by atomic mass is 9.90. The highest BCUT2D eigenvalue weighted by Gasteiger charge is 2.22. The number of hydrogen-bond acceptors (Lipinski definition) is 5. The Hall–Kier alpha value is -1.89. The summed E-state index contributed by atoms with van der Waals surface area (Å²) in [6.45, 7) is 5.50. The van der Waals surface area contributed by atoms with Gasteiger partial charge in [-0.3, -0.25) is 10.1 Å². The van der Waals surface area contributed by atoms with Crippen molar-refractivity contribution in [1.29, 1.82) is 0 Å². The van der Waals surface area contributed by atoms with Crippen LogP contribution in [0.4, 0.5) is 4.79 Å². The topological polar surface area (TPSA) is 84.5 Å². The maximum atomic E-state index is 12.1. The lowest BCUT2D eigenvalue weighted by Gasteiger charge is -2.16. The smallest absolute Gasteiger partial charge is 0.348 e. The molecule has 1 aliphatic carbocycles. The number of rotatable bonds is 5. The van der Waals surface area contributed by atoms with Crippen molar-refractivity contribution in [2.75, 3.05) is 6.61 Å². The Morgan fingerprint density at radius 3 is 2.88 bits per heavy atom. The van der Waals surface area contributed by atoms with Crippen LogP contribution in [0, 0.1) is 5.92 Å². The number of hydrogen-bond donors (Lipinski definition) is 2. The van der Waals surface area contributed by atoms with E-state index < -0.39 is 24.5 Å². The summed E-state index contributed by atoms with van der Waals surface area (Å²) in [5, 5.41) is 4.75. The highest BCUT2D eigenvalue weighted by atomic mass is 32.1. The summed E-state index contributed by atoms with van der Waals surface area (Å²) in [4.78, 5) is 37.0. The number of aryl methyl sites for hydroxylation is 1. The van der Waals surface area contributed by atoms with E-state index in [0.717, 1.165) is 25.7 Å². The predicted octanol–water partition coefficient (Wildman–Crippen LogP) is 2.65. The summed E-state index contributed by atoms with van der Waals surface area (Å²) in [7, 11) is 0. The van der Waals surface area contributed by atoms with Crippen molar-refractivity contribution in [3.8, 4) is 0 Å². The van der Waals surface area contributed by atoms with Crippen molar-refractivity contribution in [1.82, 2.24) is 10.6 Å². The Kier molecular flexibility index (Phi) is 6.36. The normalized spacial score (nSPS) is 17.5. The van der Waals surface area contributed by atoms with E-state index in [1.54, 1.807) is 0 Å². The lowest BCUT2D eigenvalue weighted by Crippen LogP contribution is -2.44. The molecule has 1 aromatic rings. The highest BCUT2D eigenvalue weighted by Crippen LogP contribution is 2.32. The monoisotopic (exact) mass is 352 g/mol. The molecular weight excluding hydrogens is 328 g/mol. The molecule has 0 saturated heterocycles. The molecule has 6 nitrogen and oxygen atoms in total. The standard InChI is InChI=1S/C17H24N2O4S/c1-4-11(3)18-17(22)19-15(20)9-23-16(21)14-8-12-7-10(2)5-6-13(12)24-14/h8,10-11H,4-7,9H2,1-3H3,(H2,18,19,20,22)/t10-,11-/m1/s1. The van der Waals surface area contributed by atoms with E-state index in [-0.39, 0.29) is 6.04 Å². The number of fused-ring (bicyclic) bond motifs is 1. The van der Waals surface area contributed by atoms with Crippen molar-refractivity contribution in [2.45, 2.75) is 52.5 Å². The highest BCUT2D eigenvalue weighted by molar-refractivity contribution is 7.14. The van der Waals surface area contributed by atoms with Gasteiger partial charge in [-0.25, -0.2) is 9.59 Å². The van der Waals surface area contributed by atoms with Gasteiger partial charge >= 0.3 is 12.0 Å². The quantitative estimate of drug-likeness (QED) is 0.798. The van der Waals surface area contributed by atoms with Gasteiger partial charge in [-0.1, -0.05) is 13.8 Å². The molecule has 2 atom stereocenters. The molecule has 1 heterocycles. The van der Waals surface area contributed by atoms with Crippen molar-refractivity contribution >= 4 is 29.2 Å². The van der Waals surface area contributed by atoms with Gasteiger partial charge in [0.05, 0.1) is 0 Å². The van der Waals surface area contributed by atoms with Crippen LogP contribution in [-0.4, -0.2) is 30.6 Å². The van der Waals surface area contributed by atoms with Crippen molar-refractivity contribution in [2.24, 2.45) is 5.92 Å². The van der Waals surface area contributed by atoms with Gasteiger partial charge in [0.25, 0.3) is 5.91 Å². The number of urea groups is 1. The molecular formula is C17H24N2O4S. The first kappa shape index (κ1) is 18.4. The summed E-state index contributed by atoms with van der Waals surface area (Å²) in [6.07, 6.45) is 3.87. The molecule has 132 valence electrons. The molecule has 3 amide bonds. The molecule has 0 saturated carbocycles. The second-order valence-corrected chi connectivity index (χ2v) is 7.45. The predicted molar refractivity (Wildman–Crippen MR) is 92.2 cm³/mol. The van der Waals surface area contributed by atoms with Crippen LogP contribution in [0.2, 0.25) is 0 Å². The molecule has 2 N–H and O–H groups in total. The van der Waals surface area contributed by atoms with Crippen LogP contribution >= 0.6 is 11.3 Å². The van der Waals surface area contributed by atoms with E-state index in [2.05, 4.69) is 17.6 Å². The Bertz CT molecular complexity index is 626. The number of thiophene rings is 1. The van der Waals surface area contributed by atoms with Gasteiger partial charge in [0, 0.05) is 10.9 Å². The molecule has 0 spiro atoms. The minimum absolute atomic E-state index is 0.0276. The Morgan fingerprint density at radius 1 is 1.42 bits per heavy atom. The van der Waals surface area contributed by atoms with Crippen LogP contribution in [0.25, 0.3) is 0 Å². The van der Waals surface area contributed by atoms with Gasteiger partial charge in [0.1, 0.15) is 4.88 Å². The Morgan fingerprint density at radius 2 is 2.17 bits per heavy atom. The van der Waals surface area contributed by atoms with Gasteiger partial charge in [-0.15, -0.1) is 11.3 Å². The van der Waals surface area contributed by atoms with Gasteiger partial charge in [-0.05, 0) is 50.2 Å². The molecule has 1 aromatic heterocycles. The summed E-state index contributed by atoms with van der Waals surface area (Å²) < 4.78 is 5.01. The van der Waals surface area contributed by atoms with Gasteiger partial charge in [0.2, 0.25) is 0 Å². The molecule has 0 fully saturated rings. The minimum Gasteiger partial charge on any atom is -0.451 e. The summed E-state index contributed by atoms with van der Waals surface area (Å²) in [5.41, 5.74) is 1.21. The first-order chi connectivity index (χ1) is 11.4. The number of carbonyl (C=O) groups excluding carboxylic acids is 3. The maximum absolute atomic E-state index is 12.1. The van der Waals surface area contributed by atoms with E-state index in [1.807, 2.05) is 19.9 Å². The van der Waals surface area contributed by atoms with Crippen LogP contribution in [-0.2, 0) is 22.4 Å². The summed E-state index contributed by atoms with van der Waals surface area (Å²) in [6, 6.07) is 1.26. The summed E-state index contributed by atoms with van der Waals surface area (Å²) in [5.74, 6) is -0.524. The summed E-state index contributed by atoms with van der Waals surface area (Å²) >= 11 is 1.44. The fourth-order valence-corrected chi connectivity index (χ4v) is 3.64. The zero-order chi connectivity index (χ0) is 17.7. The zero-order valence-corrected chi connectivity index (χ0v) is 15.1. The second-order valence-electron chi connectivity index (χ2n) is 6.31. The first-order valence-electron chi connectivity index (χ1n) is 8.28. The molecule has 0 aliphatic heterocycles. The van der Waals surface area contributed by atoms with Gasteiger partial charge in [-0.2, -0.15) is 0 Å². The third-order valence-corrected chi connectivity index (χ3v) is 5.32. The van der Waals surface area contributed by atoms with Crippen molar-refractivity contribution < 1.29 is 19.1 Å². The molecule has 2 rings (SSSR count). The van der Waals surface area contributed by atoms with Crippen LogP contribution in [0.1, 0.15) is 53.7 Å². The third-order valence-electron chi connectivity index (χ3n) is 4.11. The number of imide groups is 1. The number of esters is 1. The molecule has 0 unspecified atom stereocenters. The number of ether oxygens (including phenoxy) is 1. The fraction of sp³-hybridized carbons (Fsp3) is 0.588. The van der Waals surface area contributed by atoms with E-state index in [1.165, 1.54) is 21.8 Å². The van der Waals surface area contributed by atoms with Crippen molar-refractivity contribution in [3.63, 3.8) is 0 Å². The van der Waals surface area contributed by atoms with Crippen LogP contribution in [0.3, 0.4) is 0 Å². The molecule has 0 bridgehead atoms. The Balaban J connectivity index is 1.81. The third kappa shape index (κ3) is 5.06. The number of carbonyl (C=O) groups is 3. The maximum Gasteiger partial charge on any atom is 0.348 e.